The predicted octanol–water partition coefficient (Wildman–Crippen LogP) is 4.51. The summed E-state index contributed by atoms with van der Waals surface area (Å²) < 4.78 is 0. The first kappa shape index (κ1) is 14.5. The Morgan fingerprint density at radius 3 is 2.81 bits per heavy atom. The second-order valence-electron chi connectivity index (χ2n) is 7.35. The van der Waals surface area contributed by atoms with E-state index in [0.29, 0.717) is 5.92 Å². The molecule has 0 spiro atoms. The average Bonchev–Trinajstić information content (AvgIpc) is 2.92. The van der Waals surface area contributed by atoms with Gasteiger partial charge in [-0.25, -0.2) is 0 Å². The lowest BCUT2D eigenvalue weighted by atomic mass is 9.86. The van der Waals surface area contributed by atoms with Gasteiger partial charge in [-0.05, 0) is 69.7 Å². The van der Waals surface area contributed by atoms with E-state index in [2.05, 4.69) is 61.4 Å². The molecule has 2 nitrogen and oxygen atoms in total. The van der Waals surface area contributed by atoms with Gasteiger partial charge < -0.3 is 5.32 Å². The van der Waals surface area contributed by atoms with Crippen molar-refractivity contribution in [2.45, 2.75) is 51.5 Å². The maximum Gasteiger partial charge on any atom is 0.0704 e. The number of fused-ring (bicyclic) bond motifs is 1. The van der Waals surface area contributed by atoms with Gasteiger partial charge in [0.25, 0.3) is 0 Å². The highest BCUT2D eigenvalue weighted by Gasteiger charge is 2.30. The molecule has 0 saturated heterocycles. The molecule has 3 rings (SSSR count). The van der Waals surface area contributed by atoms with Crippen LogP contribution >= 0.6 is 0 Å². The van der Waals surface area contributed by atoms with Crippen LogP contribution in [0.4, 0.5) is 0 Å². The Morgan fingerprint density at radius 1 is 1.14 bits per heavy atom. The fraction of sp³-hybridized carbons (Fsp3) is 0.526. The molecular formula is C19H26N2. The van der Waals surface area contributed by atoms with Gasteiger partial charge in [0.2, 0.25) is 0 Å². The van der Waals surface area contributed by atoms with E-state index in [4.69, 9.17) is 0 Å². The molecule has 1 saturated carbocycles. The van der Waals surface area contributed by atoms with Crippen molar-refractivity contribution in [1.82, 2.24) is 10.3 Å². The zero-order chi connectivity index (χ0) is 14.9. The minimum absolute atomic E-state index is 0.202. The maximum atomic E-state index is 4.51. The molecule has 2 aromatic rings. The molecule has 1 aromatic carbocycles. The number of hydrogen-bond acceptors (Lipinski definition) is 2. The standard InChI is InChI=1S/C19H26N2/c1-19(2,3)21-13-14-7-4-8-15(14)16-9-5-11-18-17(16)10-6-12-20-18/h5-6,9-12,14-15,21H,4,7-8,13H2,1-3H3. The number of rotatable bonds is 3. The Balaban J connectivity index is 1.87. The molecule has 2 unspecified atom stereocenters. The summed E-state index contributed by atoms with van der Waals surface area (Å²) >= 11 is 0. The number of nitrogens with zero attached hydrogens (tertiary/aromatic N) is 1. The second kappa shape index (κ2) is 5.76. The van der Waals surface area contributed by atoms with Crippen molar-refractivity contribution in [2.24, 2.45) is 5.92 Å². The van der Waals surface area contributed by atoms with E-state index in [1.54, 1.807) is 0 Å². The molecule has 21 heavy (non-hydrogen) atoms. The topological polar surface area (TPSA) is 24.9 Å². The average molecular weight is 282 g/mol. The molecule has 0 radical (unpaired) electrons. The summed E-state index contributed by atoms with van der Waals surface area (Å²) in [6, 6.07) is 10.9. The zero-order valence-corrected chi connectivity index (χ0v) is 13.4. The van der Waals surface area contributed by atoms with Crippen LogP contribution in [0.1, 0.15) is 51.5 Å². The zero-order valence-electron chi connectivity index (χ0n) is 13.4. The largest absolute Gasteiger partial charge is 0.312 e. The van der Waals surface area contributed by atoms with Crippen LogP contribution in [-0.2, 0) is 0 Å². The van der Waals surface area contributed by atoms with Crippen LogP contribution < -0.4 is 5.32 Å². The van der Waals surface area contributed by atoms with Crippen molar-refractivity contribution in [3.05, 3.63) is 42.1 Å². The first-order valence-electron chi connectivity index (χ1n) is 8.13. The summed E-state index contributed by atoms with van der Waals surface area (Å²) in [6.07, 6.45) is 5.88. The van der Waals surface area contributed by atoms with Gasteiger partial charge in [-0.3, -0.25) is 4.98 Å². The van der Waals surface area contributed by atoms with E-state index in [1.807, 2.05) is 6.20 Å². The third-order valence-corrected chi connectivity index (χ3v) is 4.63. The number of aromatic nitrogens is 1. The summed E-state index contributed by atoms with van der Waals surface area (Å²) in [7, 11) is 0. The van der Waals surface area contributed by atoms with Gasteiger partial charge in [0.1, 0.15) is 0 Å². The highest BCUT2D eigenvalue weighted by atomic mass is 14.9. The SMILES string of the molecule is CC(C)(C)NCC1CCCC1c1cccc2ncccc12. The van der Waals surface area contributed by atoms with Gasteiger partial charge in [-0.2, -0.15) is 0 Å². The highest BCUT2D eigenvalue weighted by Crippen LogP contribution is 2.41. The molecule has 0 bridgehead atoms. The molecule has 1 fully saturated rings. The Labute approximate surface area is 128 Å². The minimum Gasteiger partial charge on any atom is -0.312 e. The number of pyridine rings is 1. The van der Waals surface area contributed by atoms with Crippen molar-refractivity contribution in [3.63, 3.8) is 0 Å². The lowest BCUT2D eigenvalue weighted by Gasteiger charge is -2.27. The Morgan fingerprint density at radius 2 is 2.00 bits per heavy atom. The van der Waals surface area contributed by atoms with Crippen LogP contribution in [0, 0.1) is 5.92 Å². The lowest BCUT2D eigenvalue weighted by molar-refractivity contribution is 0.357. The van der Waals surface area contributed by atoms with Gasteiger partial charge in [0, 0.05) is 17.1 Å². The third-order valence-electron chi connectivity index (χ3n) is 4.63. The van der Waals surface area contributed by atoms with E-state index in [-0.39, 0.29) is 5.54 Å². The van der Waals surface area contributed by atoms with Crippen molar-refractivity contribution >= 4 is 10.9 Å². The van der Waals surface area contributed by atoms with Crippen LogP contribution in [0.15, 0.2) is 36.5 Å². The van der Waals surface area contributed by atoms with Crippen LogP contribution in [0.5, 0.6) is 0 Å². The lowest BCUT2D eigenvalue weighted by Crippen LogP contribution is -2.39. The third kappa shape index (κ3) is 3.26. The molecule has 2 atom stereocenters. The Kier molecular flexibility index (Phi) is 3.99. The smallest absolute Gasteiger partial charge is 0.0704 e. The first-order chi connectivity index (χ1) is 10.0. The number of nitrogens with one attached hydrogen (secondary N) is 1. The van der Waals surface area contributed by atoms with Gasteiger partial charge in [-0.15, -0.1) is 0 Å². The van der Waals surface area contributed by atoms with Crippen molar-refractivity contribution < 1.29 is 0 Å². The molecule has 1 aliphatic rings. The molecule has 1 aliphatic carbocycles. The molecule has 1 aromatic heterocycles. The van der Waals surface area contributed by atoms with E-state index < -0.39 is 0 Å². The van der Waals surface area contributed by atoms with Crippen molar-refractivity contribution in [3.8, 4) is 0 Å². The van der Waals surface area contributed by atoms with Crippen molar-refractivity contribution in [1.29, 1.82) is 0 Å². The second-order valence-corrected chi connectivity index (χ2v) is 7.35. The summed E-state index contributed by atoms with van der Waals surface area (Å²) in [5.41, 5.74) is 2.83. The molecule has 2 heteroatoms. The fourth-order valence-electron chi connectivity index (χ4n) is 3.58. The van der Waals surface area contributed by atoms with Gasteiger partial charge in [0.05, 0.1) is 5.52 Å². The summed E-state index contributed by atoms with van der Waals surface area (Å²) in [6.45, 7) is 7.86. The van der Waals surface area contributed by atoms with Gasteiger partial charge >= 0.3 is 0 Å². The predicted molar refractivity (Wildman–Crippen MR) is 89.6 cm³/mol. The molecular weight excluding hydrogens is 256 g/mol. The van der Waals surface area contributed by atoms with Crippen molar-refractivity contribution in [2.75, 3.05) is 6.54 Å². The highest BCUT2D eigenvalue weighted by molar-refractivity contribution is 5.82. The summed E-state index contributed by atoms with van der Waals surface area (Å²) in [5, 5.41) is 5.04. The Hall–Kier alpha value is -1.41. The fourth-order valence-corrected chi connectivity index (χ4v) is 3.58. The number of hydrogen-bond donors (Lipinski definition) is 1. The molecule has 112 valence electrons. The van der Waals surface area contributed by atoms with E-state index in [1.165, 1.54) is 30.2 Å². The molecule has 0 aliphatic heterocycles. The van der Waals surface area contributed by atoms with E-state index in [9.17, 15) is 0 Å². The normalized spacial score (nSPS) is 22.8. The van der Waals surface area contributed by atoms with Crippen LogP contribution in [-0.4, -0.2) is 17.1 Å². The maximum absolute atomic E-state index is 4.51. The number of benzene rings is 1. The minimum atomic E-state index is 0.202. The van der Waals surface area contributed by atoms with Crippen LogP contribution in [0.2, 0.25) is 0 Å². The summed E-state index contributed by atoms with van der Waals surface area (Å²) in [5.74, 6) is 1.42. The van der Waals surface area contributed by atoms with Gasteiger partial charge in [0.15, 0.2) is 0 Å². The quantitative estimate of drug-likeness (QED) is 0.896. The molecule has 1 heterocycles. The van der Waals surface area contributed by atoms with E-state index in [0.717, 1.165) is 18.0 Å². The van der Waals surface area contributed by atoms with E-state index >= 15 is 0 Å². The van der Waals surface area contributed by atoms with Gasteiger partial charge in [-0.1, -0.05) is 24.6 Å². The molecule has 0 amide bonds. The van der Waals surface area contributed by atoms with Crippen LogP contribution in [0.25, 0.3) is 10.9 Å². The monoisotopic (exact) mass is 282 g/mol. The van der Waals surface area contributed by atoms with Crippen LogP contribution in [0.3, 0.4) is 0 Å². The first-order valence-corrected chi connectivity index (χ1v) is 8.13. The Bertz CT molecular complexity index is 607. The summed E-state index contributed by atoms with van der Waals surface area (Å²) in [4.78, 5) is 4.51. The molecule has 1 N–H and O–H groups in total.